The molecule has 0 aliphatic heterocycles. The van der Waals surface area contributed by atoms with Crippen molar-refractivity contribution in [2.75, 3.05) is 14.2 Å². The Balaban J connectivity index is 1.83. The molecule has 0 saturated carbocycles. The van der Waals surface area contributed by atoms with E-state index in [2.05, 4.69) is 10.2 Å². The Labute approximate surface area is 178 Å². The third kappa shape index (κ3) is 3.11. The highest BCUT2D eigenvalue weighted by molar-refractivity contribution is 5.83. The van der Waals surface area contributed by atoms with Gasteiger partial charge < -0.3 is 9.47 Å². The molecule has 31 heavy (non-hydrogen) atoms. The van der Waals surface area contributed by atoms with Crippen LogP contribution in [0.15, 0.2) is 77.6 Å². The second-order valence-corrected chi connectivity index (χ2v) is 7.12. The van der Waals surface area contributed by atoms with Gasteiger partial charge in [-0.25, -0.2) is 0 Å². The molecule has 0 spiro atoms. The zero-order valence-corrected chi connectivity index (χ0v) is 17.1. The van der Waals surface area contributed by atoms with Gasteiger partial charge in [0, 0.05) is 6.07 Å². The average Bonchev–Trinajstić information content (AvgIpc) is 3.27. The highest BCUT2D eigenvalue weighted by Gasteiger charge is 2.20. The monoisotopic (exact) mass is 412 g/mol. The predicted octanol–water partition coefficient (Wildman–Crippen LogP) is 3.78. The van der Waals surface area contributed by atoms with Crippen molar-refractivity contribution in [1.29, 1.82) is 0 Å². The molecule has 0 bridgehead atoms. The van der Waals surface area contributed by atoms with Gasteiger partial charge in [0.15, 0.2) is 5.82 Å². The molecule has 0 aliphatic carbocycles. The summed E-state index contributed by atoms with van der Waals surface area (Å²) in [6.07, 6.45) is 0. The van der Waals surface area contributed by atoms with Crippen molar-refractivity contribution in [3.8, 4) is 22.9 Å². The zero-order valence-electron chi connectivity index (χ0n) is 17.1. The third-order valence-corrected chi connectivity index (χ3v) is 5.34. The molecule has 7 nitrogen and oxygen atoms in total. The minimum absolute atomic E-state index is 0.104. The van der Waals surface area contributed by atoms with Gasteiger partial charge in [-0.15, -0.1) is 10.2 Å². The Bertz CT molecular complexity index is 1450. The lowest BCUT2D eigenvalue weighted by Gasteiger charge is -2.13. The number of rotatable bonds is 5. The fourth-order valence-electron chi connectivity index (χ4n) is 3.82. The lowest BCUT2D eigenvalue weighted by Crippen LogP contribution is -2.24. The lowest BCUT2D eigenvalue weighted by molar-refractivity contribution is 0.395. The van der Waals surface area contributed by atoms with Crippen molar-refractivity contribution in [1.82, 2.24) is 19.2 Å². The number of hydrogen-bond acceptors (Lipinski definition) is 5. The first-order valence-electron chi connectivity index (χ1n) is 9.84. The average molecular weight is 412 g/mol. The van der Waals surface area contributed by atoms with Crippen molar-refractivity contribution in [3.05, 3.63) is 88.7 Å². The Morgan fingerprint density at radius 1 is 0.871 bits per heavy atom. The maximum Gasteiger partial charge on any atom is 0.263 e. The van der Waals surface area contributed by atoms with Crippen LogP contribution in [0, 0.1) is 0 Å². The van der Waals surface area contributed by atoms with E-state index in [9.17, 15) is 4.79 Å². The molecular formula is C24H20N4O3. The minimum atomic E-state index is -0.104. The van der Waals surface area contributed by atoms with Crippen LogP contribution in [0.25, 0.3) is 28.1 Å². The van der Waals surface area contributed by atoms with Crippen molar-refractivity contribution in [2.24, 2.45) is 0 Å². The fourth-order valence-corrected chi connectivity index (χ4v) is 3.82. The highest BCUT2D eigenvalue weighted by Crippen LogP contribution is 2.33. The summed E-state index contributed by atoms with van der Waals surface area (Å²) in [5.74, 6) is 2.35. The summed E-state index contributed by atoms with van der Waals surface area (Å²) < 4.78 is 14.5. The molecule has 0 N–H and O–H groups in total. The molecule has 2 heterocycles. The van der Waals surface area contributed by atoms with E-state index in [0.29, 0.717) is 35.0 Å². The Morgan fingerprint density at radius 3 is 2.42 bits per heavy atom. The van der Waals surface area contributed by atoms with E-state index in [1.54, 1.807) is 24.9 Å². The van der Waals surface area contributed by atoms with E-state index >= 15 is 0 Å². The molecule has 2 aromatic heterocycles. The molecule has 0 radical (unpaired) electrons. The van der Waals surface area contributed by atoms with Crippen LogP contribution in [0.3, 0.4) is 0 Å². The van der Waals surface area contributed by atoms with E-state index in [1.807, 2.05) is 71.1 Å². The van der Waals surface area contributed by atoms with Crippen LogP contribution in [0.4, 0.5) is 0 Å². The molecule has 5 rings (SSSR count). The lowest BCUT2D eigenvalue weighted by atomic mass is 10.1. The van der Waals surface area contributed by atoms with E-state index in [-0.39, 0.29) is 5.56 Å². The van der Waals surface area contributed by atoms with Crippen LogP contribution in [-0.2, 0) is 6.54 Å². The van der Waals surface area contributed by atoms with Crippen molar-refractivity contribution < 1.29 is 9.47 Å². The molecule has 154 valence electrons. The summed E-state index contributed by atoms with van der Waals surface area (Å²) in [6, 6.07) is 22.9. The van der Waals surface area contributed by atoms with Gasteiger partial charge in [-0.05, 0) is 29.8 Å². The summed E-state index contributed by atoms with van der Waals surface area (Å²) in [4.78, 5) is 13.3. The standard InChI is InChI=1S/C24H20N4O3/c1-30-17-12-13-19(21(14-17)31-2)22-25-26-24-27(15-16-8-4-3-5-9-16)23(29)18-10-6-7-11-20(18)28(22)24/h3-14H,15H2,1-2H3. The smallest absolute Gasteiger partial charge is 0.263 e. The minimum Gasteiger partial charge on any atom is -0.497 e. The van der Waals surface area contributed by atoms with E-state index < -0.39 is 0 Å². The van der Waals surface area contributed by atoms with Gasteiger partial charge in [-0.1, -0.05) is 42.5 Å². The second-order valence-electron chi connectivity index (χ2n) is 7.12. The Morgan fingerprint density at radius 2 is 1.65 bits per heavy atom. The van der Waals surface area contributed by atoms with Gasteiger partial charge in [-0.3, -0.25) is 13.8 Å². The normalized spacial score (nSPS) is 11.2. The molecule has 0 unspecified atom stereocenters. The number of benzene rings is 3. The maximum atomic E-state index is 13.3. The summed E-state index contributed by atoms with van der Waals surface area (Å²) >= 11 is 0. The number of fused-ring (bicyclic) bond motifs is 3. The quantitative estimate of drug-likeness (QED) is 0.439. The first-order chi connectivity index (χ1) is 15.2. The first-order valence-corrected chi connectivity index (χ1v) is 9.84. The van der Waals surface area contributed by atoms with Gasteiger partial charge in [-0.2, -0.15) is 0 Å². The van der Waals surface area contributed by atoms with Crippen LogP contribution in [0.2, 0.25) is 0 Å². The number of methoxy groups -OCH3 is 2. The molecule has 5 aromatic rings. The number of hydrogen-bond donors (Lipinski definition) is 0. The summed E-state index contributed by atoms with van der Waals surface area (Å²) in [6.45, 7) is 0.395. The van der Waals surface area contributed by atoms with E-state index in [0.717, 1.165) is 16.6 Å². The van der Waals surface area contributed by atoms with Crippen LogP contribution in [0.1, 0.15) is 5.56 Å². The van der Waals surface area contributed by atoms with Crippen molar-refractivity contribution in [2.45, 2.75) is 6.54 Å². The number of nitrogens with zero attached hydrogens (tertiary/aromatic N) is 4. The molecular weight excluding hydrogens is 392 g/mol. The Kier molecular flexibility index (Phi) is 4.63. The molecule has 7 heteroatoms. The molecule has 0 amide bonds. The summed E-state index contributed by atoms with van der Waals surface area (Å²) in [7, 11) is 3.21. The van der Waals surface area contributed by atoms with Gasteiger partial charge >= 0.3 is 0 Å². The van der Waals surface area contributed by atoms with Crippen LogP contribution < -0.4 is 15.0 Å². The number of ether oxygens (including phenoxy) is 2. The maximum absolute atomic E-state index is 13.3. The molecule has 0 atom stereocenters. The SMILES string of the molecule is COc1ccc(-c2nnc3n(Cc4ccccc4)c(=O)c4ccccc4n23)c(OC)c1. The van der Waals surface area contributed by atoms with E-state index in [1.165, 1.54) is 0 Å². The van der Waals surface area contributed by atoms with Crippen LogP contribution in [-0.4, -0.2) is 33.4 Å². The molecule has 0 saturated heterocycles. The predicted molar refractivity (Wildman–Crippen MR) is 119 cm³/mol. The van der Waals surface area contributed by atoms with Crippen LogP contribution in [0.5, 0.6) is 11.5 Å². The Hall–Kier alpha value is -4.13. The summed E-state index contributed by atoms with van der Waals surface area (Å²) in [5.41, 5.74) is 2.40. The summed E-state index contributed by atoms with van der Waals surface area (Å²) in [5, 5.41) is 9.46. The fraction of sp³-hybridized carbons (Fsp3) is 0.125. The zero-order chi connectivity index (χ0) is 21.4. The van der Waals surface area contributed by atoms with Gasteiger partial charge in [0.2, 0.25) is 5.78 Å². The second kappa shape index (κ2) is 7.60. The van der Waals surface area contributed by atoms with Crippen molar-refractivity contribution >= 4 is 16.7 Å². The van der Waals surface area contributed by atoms with Crippen LogP contribution >= 0.6 is 0 Å². The highest BCUT2D eigenvalue weighted by atomic mass is 16.5. The van der Waals surface area contributed by atoms with Gasteiger partial charge in [0.05, 0.1) is 37.2 Å². The van der Waals surface area contributed by atoms with Crippen molar-refractivity contribution in [3.63, 3.8) is 0 Å². The van der Waals surface area contributed by atoms with E-state index in [4.69, 9.17) is 9.47 Å². The largest absolute Gasteiger partial charge is 0.497 e. The number of aromatic nitrogens is 4. The topological polar surface area (TPSA) is 70.7 Å². The molecule has 0 fully saturated rings. The molecule has 3 aromatic carbocycles. The molecule has 0 aliphatic rings. The first kappa shape index (κ1) is 18.9. The van der Waals surface area contributed by atoms with Gasteiger partial charge in [0.25, 0.3) is 5.56 Å². The third-order valence-electron chi connectivity index (χ3n) is 5.34. The van der Waals surface area contributed by atoms with Gasteiger partial charge in [0.1, 0.15) is 11.5 Å². The number of para-hydroxylation sites is 1.